The second kappa shape index (κ2) is 7.42. The van der Waals surface area contributed by atoms with Crippen LogP contribution in [0.25, 0.3) is 0 Å². The molecule has 2 aliphatic heterocycles. The van der Waals surface area contributed by atoms with Crippen LogP contribution in [0.1, 0.15) is 31.9 Å². The highest BCUT2D eigenvalue weighted by molar-refractivity contribution is 5.92. The van der Waals surface area contributed by atoms with Crippen molar-refractivity contribution in [3.63, 3.8) is 0 Å². The largest absolute Gasteiger partial charge is 0.452 e. The molecule has 27 heavy (non-hydrogen) atoms. The predicted molar refractivity (Wildman–Crippen MR) is 109 cm³/mol. The van der Waals surface area contributed by atoms with Gasteiger partial charge in [0, 0.05) is 37.1 Å². The molecule has 2 aliphatic rings. The Morgan fingerprint density at radius 3 is 2.59 bits per heavy atom. The molecular formula is C20H30N6O. The summed E-state index contributed by atoms with van der Waals surface area (Å²) in [5.41, 5.74) is 10.2. The predicted octanol–water partition coefficient (Wildman–Crippen LogP) is 1.70. The normalized spacial score (nSPS) is 23.4. The zero-order chi connectivity index (χ0) is 19.8. The highest BCUT2D eigenvalue weighted by atomic mass is 16.5. The first-order valence-electron chi connectivity index (χ1n) is 9.24. The van der Waals surface area contributed by atoms with E-state index in [4.69, 9.17) is 20.9 Å². The monoisotopic (exact) mass is 370 g/mol. The number of likely N-dealkylation sites (N-methyl/N-ethyl adjacent to an activating group) is 1. The third-order valence-corrected chi connectivity index (χ3v) is 5.45. The van der Waals surface area contributed by atoms with Crippen LogP contribution in [0.5, 0.6) is 0 Å². The van der Waals surface area contributed by atoms with Gasteiger partial charge in [-0.1, -0.05) is 12.1 Å². The molecule has 7 nitrogen and oxygen atoms in total. The molecule has 1 aromatic rings. The van der Waals surface area contributed by atoms with E-state index in [0.717, 1.165) is 41.3 Å². The Balaban J connectivity index is 1.90. The van der Waals surface area contributed by atoms with Gasteiger partial charge in [-0.05, 0) is 45.5 Å². The minimum absolute atomic E-state index is 0.126. The molecule has 0 amide bonds. The third-order valence-electron chi connectivity index (χ3n) is 5.45. The molecule has 1 aromatic carbocycles. The lowest BCUT2D eigenvalue weighted by molar-refractivity contribution is 0.0234. The van der Waals surface area contributed by atoms with Crippen molar-refractivity contribution in [2.45, 2.75) is 39.2 Å². The van der Waals surface area contributed by atoms with Crippen LogP contribution in [0.15, 0.2) is 40.7 Å². The van der Waals surface area contributed by atoms with Crippen molar-refractivity contribution >= 4 is 11.6 Å². The van der Waals surface area contributed by atoms with E-state index in [9.17, 15) is 0 Å². The van der Waals surface area contributed by atoms with Gasteiger partial charge in [0.15, 0.2) is 0 Å². The number of hydrogen-bond donors (Lipinski definition) is 3. The first-order chi connectivity index (χ1) is 12.7. The van der Waals surface area contributed by atoms with Crippen molar-refractivity contribution in [3.8, 4) is 0 Å². The van der Waals surface area contributed by atoms with Gasteiger partial charge in [-0.2, -0.15) is 0 Å². The van der Waals surface area contributed by atoms with Gasteiger partial charge in [-0.25, -0.2) is 4.90 Å². The number of aliphatic imine (C=N–C) groups is 1. The Bertz CT molecular complexity index is 778. The number of hydrogen-bond acceptors (Lipinski definition) is 7. The number of allylic oxidation sites excluding steroid dienone is 1. The summed E-state index contributed by atoms with van der Waals surface area (Å²) >= 11 is 0. The summed E-state index contributed by atoms with van der Waals surface area (Å²) in [5.74, 6) is 0.126. The maximum atomic E-state index is 8.51. The zero-order valence-electron chi connectivity index (χ0n) is 16.8. The molecule has 2 heterocycles. The summed E-state index contributed by atoms with van der Waals surface area (Å²) in [7, 11) is 4.06. The highest BCUT2D eigenvalue weighted by Crippen LogP contribution is 2.30. The summed E-state index contributed by atoms with van der Waals surface area (Å²) in [6, 6.07) is 7.61. The summed E-state index contributed by atoms with van der Waals surface area (Å²) in [4.78, 5) is 9.08. The summed E-state index contributed by atoms with van der Waals surface area (Å²) < 4.78 is 6.19. The summed E-state index contributed by atoms with van der Waals surface area (Å²) in [5, 5.41) is 11.9. The number of nitrogens with zero attached hydrogens (tertiary/aromatic N) is 3. The van der Waals surface area contributed by atoms with E-state index in [1.165, 1.54) is 0 Å². The second-order valence-corrected chi connectivity index (χ2v) is 7.61. The highest BCUT2D eigenvalue weighted by Gasteiger charge is 2.46. The maximum Gasteiger partial charge on any atom is 0.215 e. The van der Waals surface area contributed by atoms with Gasteiger partial charge < -0.3 is 15.4 Å². The molecule has 146 valence electrons. The smallest absolute Gasteiger partial charge is 0.215 e. The Hall–Kier alpha value is -2.22. The molecule has 1 saturated heterocycles. The minimum atomic E-state index is -0.454. The van der Waals surface area contributed by atoms with E-state index in [-0.39, 0.29) is 11.6 Å². The lowest BCUT2D eigenvalue weighted by Crippen LogP contribution is -2.48. The Labute approximate surface area is 161 Å². The molecule has 4 N–H and O–H groups in total. The van der Waals surface area contributed by atoms with E-state index in [0.29, 0.717) is 6.54 Å². The molecule has 0 aliphatic carbocycles. The molecule has 1 fully saturated rings. The van der Waals surface area contributed by atoms with Gasteiger partial charge in [0.25, 0.3) is 0 Å². The average molecular weight is 371 g/mol. The standard InChI is InChI=1S/C20H30N6O/c1-13-11-25(4)14(2)17(24-13)19(26(5)20(3)12-23-20)27-18(22)16-8-6-15(10-21)7-9-16/h6-9,19,22-23H,10-12,21H2,1-5H3/t19?,20-/m0/s1. The van der Waals surface area contributed by atoms with Crippen LogP contribution in [0.3, 0.4) is 0 Å². The third kappa shape index (κ3) is 4.05. The fraction of sp³-hybridized carbons (Fsp3) is 0.500. The topological polar surface area (TPSA) is 99.9 Å². The van der Waals surface area contributed by atoms with E-state index in [1.807, 2.05) is 38.2 Å². The van der Waals surface area contributed by atoms with Crippen molar-refractivity contribution in [1.82, 2.24) is 15.1 Å². The van der Waals surface area contributed by atoms with Crippen molar-refractivity contribution in [3.05, 3.63) is 46.8 Å². The lowest BCUT2D eigenvalue weighted by Gasteiger charge is -2.36. The molecule has 2 atom stereocenters. The Kier molecular flexibility index (Phi) is 5.37. The van der Waals surface area contributed by atoms with Gasteiger partial charge in [-0.15, -0.1) is 0 Å². The van der Waals surface area contributed by atoms with Crippen LogP contribution in [0, 0.1) is 5.41 Å². The van der Waals surface area contributed by atoms with Gasteiger partial charge in [0.05, 0.1) is 12.2 Å². The van der Waals surface area contributed by atoms with Crippen molar-refractivity contribution < 1.29 is 4.74 Å². The van der Waals surface area contributed by atoms with E-state index in [1.54, 1.807) is 0 Å². The lowest BCUT2D eigenvalue weighted by atomic mass is 10.1. The summed E-state index contributed by atoms with van der Waals surface area (Å²) in [6.45, 7) is 8.37. The maximum absolute atomic E-state index is 8.51. The first-order valence-corrected chi connectivity index (χ1v) is 9.24. The minimum Gasteiger partial charge on any atom is -0.452 e. The fourth-order valence-corrected chi connectivity index (χ4v) is 3.14. The van der Waals surface area contributed by atoms with Gasteiger partial charge in [0.2, 0.25) is 12.1 Å². The van der Waals surface area contributed by atoms with Crippen LogP contribution < -0.4 is 11.1 Å². The quantitative estimate of drug-likeness (QED) is 0.306. The molecule has 1 unspecified atom stereocenters. The van der Waals surface area contributed by atoms with Crippen LogP contribution in [-0.4, -0.2) is 60.5 Å². The van der Waals surface area contributed by atoms with Gasteiger partial charge >= 0.3 is 0 Å². The number of benzene rings is 1. The number of rotatable bonds is 6. The second-order valence-electron chi connectivity index (χ2n) is 7.61. The Morgan fingerprint density at radius 1 is 1.41 bits per heavy atom. The Morgan fingerprint density at radius 2 is 2.04 bits per heavy atom. The molecular weight excluding hydrogens is 340 g/mol. The molecule has 3 rings (SSSR count). The van der Waals surface area contributed by atoms with Crippen molar-refractivity contribution in [1.29, 1.82) is 5.41 Å². The van der Waals surface area contributed by atoms with Crippen molar-refractivity contribution in [2.75, 3.05) is 27.2 Å². The van der Waals surface area contributed by atoms with Crippen LogP contribution >= 0.6 is 0 Å². The fourth-order valence-electron chi connectivity index (χ4n) is 3.14. The zero-order valence-corrected chi connectivity index (χ0v) is 16.8. The van der Waals surface area contributed by atoms with E-state index >= 15 is 0 Å². The molecule has 0 spiro atoms. The number of ether oxygens (including phenoxy) is 1. The van der Waals surface area contributed by atoms with Crippen LogP contribution in [0.4, 0.5) is 0 Å². The van der Waals surface area contributed by atoms with E-state index in [2.05, 4.69) is 36.0 Å². The van der Waals surface area contributed by atoms with E-state index < -0.39 is 6.23 Å². The first kappa shape index (κ1) is 19.5. The average Bonchev–Trinajstić information content (AvgIpc) is 3.41. The SMILES string of the molecule is CC1=NC(C(OC(=N)c2ccc(CN)cc2)N(C)[C@@]2(C)CN2)=C(C)N(C)C1. The van der Waals surface area contributed by atoms with Crippen LogP contribution in [-0.2, 0) is 11.3 Å². The summed E-state index contributed by atoms with van der Waals surface area (Å²) in [6.07, 6.45) is -0.454. The number of nitrogens with one attached hydrogen (secondary N) is 2. The van der Waals surface area contributed by atoms with Gasteiger partial charge in [-0.3, -0.25) is 15.7 Å². The molecule has 0 aromatic heterocycles. The molecule has 0 saturated carbocycles. The molecule has 7 heteroatoms. The number of nitrogens with two attached hydrogens (primary N) is 1. The molecule has 0 bridgehead atoms. The van der Waals surface area contributed by atoms with Crippen molar-refractivity contribution in [2.24, 2.45) is 10.7 Å². The van der Waals surface area contributed by atoms with Crippen LogP contribution in [0.2, 0.25) is 0 Å². The van der Waals surface area contributed by atoms with Gasteiger partial charge in [0.1, 0.15) is 5.70 Å². The molecule has 0 radical (unpaired) electrons.